The molecule has 1 amide bonds. The Labute approximate surface area is 178 Å². The van der Waals surface area contributed by atoms with Crippen LogP contribution in [0.25, 0.3) is 10.9 Å². The second kappa shape index (κ2) is 9.80. The van der Waals surface area contributed by atoms with Crippen LogP contribution in [0.2, 0.25) is 5.02 Å². The Morgan fingerprint density at radius 2 is 2.07 bits per heavy atom. The van der Waals surface area contributed by atoms with Gasteiger partial charge < -0.3 is 10.1 Å². The highest BCUT2D eigenvalue weighted by atomic mass is 35.5. The van der Waals surface area contributed by atoms with Crippen LogP contribution in [-0.4, -0.2) is 28.3 Å². The summed E-state index contributed by atoms with van der Waals surface area (Å²) in [6, 6.07) is 12.6. The van der Waals surface area contributed by atoms with Gasteiger partial charge in [0, 0.05) is 23.7 Å². The first kappa shape index (κ1) is 21.2. The van der Waals surface area contributed by atoms with E-state index < -0.39 is 0 Å². The van der Waals surface area contributed by atoms with Crippen molar-refractivity contribution >= 4 is 40.2 Å². The molecule has 3 rings (SSSR count). The molecule has 152 valence electrons. The van der Waals surface area contributed by atoms with Gasteiger partial charge in [0.05, 0.1) is 23.8 Å². The summed E-state index contributed by atoms with van der Waals surface area (Å²) in [7, 11) is 1.60. The number of hydrogen-bond donors (Lipinski definition) is 1. The lowest BCUT2D eigenvalue weighted by Gasteiger charge is -2.13. The van der Waals surface area contributed by atoms with Gasteiger partial charge in [-0.2, -0.15) is 0 Å². The minimum atomic E-state index is -0.149. The number of carbonyl (C=O) groups excluding carboxylic acids is 1. The number of amides is 1. The van der Waals surface area contributed by atoms with E-state index in [9.17, 15) is 9.59 Å². The fourth-order valence-electron chi connectivity index (χ4n) is 2.93. The Bertz CT molecular complexity index is 1080. The number of para-hydroxylation sites is 1. The largest absolute Gasteiger partial charge is 0.496 e. The second-order valence-electron chi connectivity index (χ2n) is 6.39. The topological polar surface area (TPSA) is 73.2 Å². The third kappa shape index (κ3) is 5.10. The number of fused-ring (bicyclic) bond motifs is 1. The standard InChI is InChI=1S/C21H22ClN3O3S/c1-3-10-25-20(27)16-9-8-15(22)11-17(16)24-21(25)29-13-19(26)23-12-14-6-4-5-7-18(14)28-2/h4-9,11H,3,10,12-13H2,1-2H3,(H,23,26). The molecular formula is C21H22ClN3O3S. The molecule has 1 heterocycles. The van der Waals surface area contributed by atoms with Crippen LogP contribution < -0.4 is 15.6 Å². The van der Waals surface area contributed by atoms with Gasteiger partial charge in [-0.1, -0.05) is 48.5 Å². The van der Waals surface area contributed by atoms with Gasteiger partial charge in [-0.15, -0.1) is 0 Å². The van der Waals surface area contributed by atoms with Crippen LogP contribution in [0.15, 0.2) is 52.4 Å². The zero-order valence-corrected chi connectivity index (χ0v) is 17.8. The number of rotatable bonds is 8. The Morgan fingerprint density at radius 3 is 2.83 bits per heavy atom. The van der Waals surface area contributed by atoms with E-state index in [1.807, 2.05) is 31.2 Å². The number of halogens is 1. The van der Waals surface area contributed by atoms with Crippen molar-refractivity contribution in [3.63, 3.8) is 0 Å². The minimum Gasteiger partial charge on any atom is -0.496 e. The number of benzene rings is 2. The van der Waals surface area contributed by atoms with Gasteiger partial charge in [0.25, 0.3) is 5.56 Å². The monoisotopic (exact) mass is 431 g/mol. The fourth-order valence-corrected chi connectivity index (χ4v) is 3.95. The van der Waals surface area contributed by atoms with Crippen LogP contribution in [0.5, 0.6) is 5.75 Å². The number of carbonyl (C=O) groups is 1. The first-order valence-corrected chi connectivity index (χ1v) is 10.6. The van der Waals surface area contributed by atoms with E-state index in [0.717, 1.165) is 17.7 Å². The molecule has 6 nitrogen and oxygen atoms in total. The van der Waals surface area contributed by atoms with Crippen LogP contribution in [0.3, 0.4) is 0 Å². The highest BCUT2D eigenvalue weighted by Gasteiger charge is 2.13. The predicted octanol–water partition coefficient (Wildman–Crippen LogP) is 3.88. The Balaban J connectivity index is 1.74. The van der Waals surface area contributed by atoms with Crippen molar-refractivity contribution in [2.75, 3.05) is 12.9 Å². The van der Waals surface area contributed by atoms with Crippen LogP contribution in [-0.2, 0) is 17.9 Å². The highest BCUT2D eigenvalue weighted by molar-refractivity contribution is 7.99. The van der Waals surface area contributed by atoms with Crippen LogP contribution in [0, 0.1) is 0 Å². The maximum absolute atomic E-state index is 12.8. The average molecular weight is 432 g/mol. The number of thioether (sulfide) groups is 1. The maximum atomic E-state index is 12.8. The molecule has 0 saturated heterocycles. The first-order valence-electron chi connectivity index (χ1n) is 9.25. The number of hydrogen-bond acceptors (Lipinski definition) is 5. The molecule has 0 unspecified atom stereocenters. The average Bonchev–Trinajstić information content (AvgIpc) is 2.73. The summed E-state index contributed by atoms with van der Waals surface area (Å²) in [5.74, 6) is 0.729. The number of ether oxygens (including phenoxy) is 1. The van der Waals surface area contributed by atoms with Crippen LogP contribution >= 0.6 is 23.4 Å². The van der Waals surface area contributed by atoms with E-state index in [4.69, 9.17) is 16.3 Å². The lowest BCUT2D eigenvalue weighted by Crippen LogP contribution is -2.27. The molecule has 8 heteroatoms. The van der Waals surface area contributed by atoms with Crippen molar-refractivity contribution in [3.05, 3.63) is 63.4 Å². The number of nitrogens with one attached hydrogen (secondary N) is 1. The minimum absolute atomic E-state index is 0.120. The lowest BCUT2D eigenvalue weighted by molar-refractivity contribution is -0.118. The van der Waals surface area contributed by atoms with Crippen LogP contribution in [0.4, 0.5) is 0 Å². The molecule has 0 fully saturated rings. The maximum Gasteiger partial charge on any atom is 0.262 e. The van der Waals surface area contributed by atoms with E-state index in [1.165, 1.54) is 11.8 Å². The third-order valence-electron chi connectivity index (χ3n) is 4.33. The molecule has 0 bridgehead atoms. The van der Waals surface area contributed by atoms with Gasteiger partial charge in [0.1, 0.15) is 5.75 Å². The van der Waals surface area contributed by atoms with Crippen molar-refractivity contribution in [2.24, 2.45) is 0 Å². The molecule has 0 aliphatic rings. The number of aromatic nitrogens is 2. The predicted molar refractivity (Wildman–Crippen MR) is 117 cm³/mol. The molecular weight excluding hydrogens is 410 g/mol. The van der Waals surface area contributed by atoms with Gasteiger partial charge in [-0.25, -0.2) is 4.98 Å². The van der Waals surface area contributed by atoms with Crippen molar-refractivity contribution in [1.82, 2.24) is 14.9 Å². The molecule has 1 aromatic heterocycles. The summed E-state index contributed by atoms with van der Waals surface area (Å²) in [5, 5.41) is 4.43. The molecule has 0 aliphatic carbocycles. The summed E-state index contributed by atoms with van der Waals surface area (Å²) in [6.07, 6.45) is 0.786. The zero-order chi connectivity index (χ0) is 20.8. The Hall–Kier alpha value is -2.51. The van der Waals surface area contributed by atoms with Crippen molar-refractivity contribution in [1.29, 1.82) is 0 Å². The SMILES string of the molecule is CCCn1c(SCC(=O)NCc2ccccc2OC)nc2cc(Cl)ccc2c1=O. The normalized spacial score (nSPS) is 10.9. The van der Waals surface area contributed by atoms with Gasteiger partial charge in [0.15, 0.2) is 5.16 Å². The van der Waals surface area contributed by atoms with Crippen molar-refractivity contribution in [2.45, 2.75) is 31.6 Å². The molecule has 0 radical (unpaired) electrons. The highest BCUT2D eigenvalue weighted by Crippen LogP contribution is 2.21. The van der Waals surface area contributed by atoms with Crippen LogP contribution in [0.1, 0.15) is 18.9 Å². The van der Waals surface area contributed by atoms with Crippen molar-refractivity contribution < 1.29 is 9.53 Å². The molecule has 0 atom stereocenters. The third-order valence-corrected chi connectivity index (χ3v) is 5.54. The van der Waals surface area contributed by atoms with Gasteiger partial charge in [0.2, 0.25) is 5.91 Å². The summed E-state index contributed by atoms with van der Waals surface area (Å²) >= 11 is 7.29. The van der Waals surface area contributed by atoms with Crippen molar-refractivity contribution in [3.8, 4) is 5.75 Å². The number of methoxy groups -OCH3 is 1. The van der Waals surface area contributed by atoms with Gasteiger partial charge in [-0.05, 0) is 30.7 Å². The lowest BCUT2D eigenvalue weighted by atomic mass is 10.2. The molecule has 0 saturated carbocycles. The van der Waals surface area contributed by atoms with E-state index in [-0.39, 0.29) is 17.2 Å². The van der Waals surface area contributed by atoms with E-state index >= 15 is 0 Å². The molecule has 0 spiro atoms. The van der Waals surface area contributed by atoms with Gasteiger partial charge in [-0.3, -0.25) is 14.2 Å². The van der Waals surface area contributed by atoms with E-state index in [1.54, 1.807) is 29.9 Å². The summed E-state index contributed by atoms with van der Waals surface area (Å²) in [4.78, 5) is 29.8. The molecule has 2 aromatic carbocycles. The van der Waals surface area contributed by atoms with E-state index in [2.05, 4.69) is 10.3 Å². The first-order chi connectivity index (χ1) is 14.0. The Kier molecular flexibility index (Phi) is 7.17. The summed E-state index contributed by atoms with van der Waals surface area (Å²) < 4.78 is 6.92. The second-order valence-corrected chi connectivity index (χ2v) is 7.77. The molecule has 1 N–H and O–H groups in total. The van der Waals surface area contributed by atoms with Gasteiger partial charge >= 0.3 is 0 Å². The number of nitrogens with zero attached hydrogens (tertiary/aromatic N) is 2. The zero-order valence-electron chi connectivity index (χ0n) is 16.3. The smallest absolute Gasteiger partial charge is 0.262 e. The molecule has 3 aromatic rings. The summed E-state index contributed by atoms with van der Waals surface area (Å²) in [6.45, 7) is 2.90. The molecule has 0 aliphatic heterocycles. The quantitative estimate of drug-likeness (QED) is 0.433. The molecule has 29 heavy (non-hydrogen) atoms. The van der Waals surface area contributed by atoms with E-state index in [0.29, 0.717) is 34.2 Å². The summed E-state index contributed by atoms with van der Waals surface area (Å²) in [5.41, 5.74) is 1.31. The Morgan fingerprint density at radius 1 is 1.28 bits per heavy atom. The fraction of sp³-hybridized carbons (Fsp3) is 0.286.